The van der Waals surface area contributed by atoms with Crippen molar-refractivity contribution in [3.63, 3.8) is 0 Å². The van der Waals surface area contributed by atoms with E-state index in [0.717, 1.165) is 12.8 Å². The van der Waals surface area contributed by atoms with Gasteiger partial charge in [0.2, 0.25) is 0 Å². The van der Waals surface area contributed by atoms with Crippen molar-refractivity contribution < 1.29 is 14.9 Å². The highest BCUT2D eigenvalue weighted by atomic mass is 16.5. The predicted molar refractivity (Wildman–Crippen MR) is 77.8 cm³/mol. The maximum atomic E-state index is 8.11. The Balaban J connectivity index is 0. The van der Waals surface area contributed by atoms with E-state index >= 15 is 0 Å². The third-order valence-electron chi connectivity index (χ3n) is 2.78. The van der Waals surface area contributed by atoms with Crippen LogP contribution in [-0.4, -0.2) is 35.1 Å². The molecule has 0 radical (unpaired) electrons. The summed E-state index contributed by atoms with van der Waals surface area (Å²) in [4.78, 5) is 0. The van der Waals surface area contributed by atoms with Gasteiger partial charge in [-0.3, -0.25) is 0 Å². The Morgan fingerprint density at radius 2 is 1.22 bits per heavy atom. The molecule has 0 spiro atoms. The van der Waals surface area contributed by atoms with Crippen LogP contribution >= 0.6 is 0 Å². The van der Waals surface area contributed by atoms with Gasteiger partial charge in [-0.25, -0.2) is 0 Å². The molecule has 0 rings (SSSR count). The van der Waals surface area contributed by atoms with Crippen molar-refractivity contribution in [1.29, 1.82) is 0 Å². The van der Waals surface area contributed by atoms with E-state index in [9.17, 15) is 0 Å². The lowest BCUT2D eigenvalue weighted by atomic mass is 10.1. The molecule has 0 saturated carbocycles. The summed E-state index contributed by atoms with van der Waals surface area (Å²) in [5.74, 6) is 0. The monoisotopic (exact) mass is 262 g/mol. The van der Waals surface area contributed by atoms with Gasteiger partial charge in [0.1, 0.15) is 0 Å². The molecule has 3 heteroatoms. The van der Waals surface area contributed by atoms with Gasteiger partial charge >= 0.3 is 0 Å². The second-order valence-electron chi connectivity index (χ2n) is 4.81. The Kier molecular flexibility index (Phi) is 16.8. The number of rotatable bonds is 9. The van der Waals surface area contributed by atoms with Gasteiger partial charge in [-0.2, -0.15) is 0 Å². The first-order valence-corrected chi connectivity index (χ1v) is 7.49. The van der Waals surface area contributed by atoms with Crippen LogP contribution < -0.4 is 0 Å². The van der Waals surface area contributed by atoms with Crippen LogP contribution in [0.1, 0.15) is 73.1 Å². The molecule has 0 aliphatic rings. The number of hydrogen-bond acceptors (Lipinski definition) is 3. The molecule has 3 atom stereocenters. The van der Waals surface area contributed by atoms with Crippen LogP contribution in [0, 0.1) is 0 Å². The fourth-order valence-corrected chi connectivity index (χ4v) is 1.65. The zero-order chi connectivity index (χ0) is 14.4. The van der Waals surface area contributed by atoms with E-state index in [1.165, 1.54) is 32.6 Å². The molecule has 0 aliphatic heterocycles. The lowest BCUT2D eigenvalue weighted by molar-refractivity contribution is -0.0241. The molecule has 0 amide bonds. The summed E-state index contributed by atoms with van der Waals surface area (Å²) in [6.45, 7) is 10.3. The molecular weight excluding hydrogens is 228 g/mol. The predicted octanol–water partition coefficient (Wildman–Crippen LogP) is 3.52. The number of ether oxygens (including phenoxy) is 1. The zero-order valence-electron chi connectivity index (χ0n) is 13.0. The Morgan fingerprint density at radius 1 is 0.889 bits per heavy atom. The standard InChI is InChI=1S/C12H26O.C3H8O2/c1-5-9-11(7-3)13-12(8-4)10-6-2;1-3(5)2-4/h11-12H,5-10H2,1-4H3;3-5H,2H2,1H3. The maximum absolute atomic E-state index is 8.11. The normalized spacial score (nSPS) is 15.5. The lowest BCUT2D eigenvalue weighted by Crippen LogP contribution is -2.21. The van der Waals surface area contributed by atoms with Gasteiger partial charge in [0.15, 0.2) is 0 Å². The highest BCUT2D eigenvalue weighted by Crippen LogP contribution is 2.14. The minimum absolute atomic E-state index is 0.139. The molecule has 0 fully saturated rings. The van der Waals surface area contributed by atoms with Gasteiger partial charge in [-0.05, 0) is 32.6 Å². The van der Waals surface area contributed by atoms with Crippen LogP contribution in [0.2, 0.25) is 0 Å². The van der Waals surface area contributed by atoms with Crippen LogP contribution in [0.3, 0.4) is 0 Å². The Bertz CT molecular complexity index is 137. The van der Waals surface area contributed by atoms with Gasteiger partial charge in [-0.1, -0.05) is 40.5 Å². The van der Waals surface area contributed by atoms with Crippen molar-refractivity contribution in [2.75, 3.05) is 6.61 Å². The van der Waals surface area contributed by atoms with Crippen LogP contribution in [0.25, 0.3) is 0 Å². The van der Waals surface area contributed by atoms with Crippen LogP contribution in [0.4, 0.5) is 0 Å². The molecular formula is C15H34O3. The first kappa shape index (κ1) is 20.2. The van der Waals surface area contributed by atoms with Crippen molar-refractivity contribution in [2.24, 2.45) is 0 Å². The second-order valence-corrected chi connectivity index (χ2v) is 4.81. The van der Waals surface area contributed by atoms with E-state index in [1.807, 2.05) is 0 Å². The van der Waals surface area contributed by atoms with Gasteiger partial charge in [-0.15, -0.1) is 0 Å². The average molecular weight is 262 g/mol. The molecule has 3 nitrogen and oxygen atoms in total. The minimum Gasteiger partial charge on any atom is -0.394 e. The second kappa shape index (κ2) is 14.9. The molecule has 112 valence electrons. The Labute approximate surface area is 114 Å². The molecule has 0 aromatic carbocycles. The van der Waals surface area contributed by atoms with Gasteiger partial charge in [0.05, 0.1) is 24.9 Å². The highest BCUT2D eigenvalue weighted by molar-refractivity contribution is 4.60. The third kappa shape index (κ3) is 13.9. The van der Waals surface area contributed by atoms with Crippen molar-refractivity contribution in [3.05, 3.63) is 0 Å². The fraction of sp³-hybridized carbons (Fsp3) is 1.00. The first-order chi connectivity index (χ1) is 8.55. The van der Waals surface area contributed by atoms with Crippen LogP contribution in [-0.2, 0) is 4.74 Å². The maximum Gasteiger partial charge on any atom is 0.0742 e. The van der Waals surface area contributed by atoms with Gasteiger partial charge in [0, 0.05) is 0 Å². The molecule has 0 aliphatic carbocycles. The van der Waals surface area contributed by atoms with Crippen molar-refractivity contribution >= 4 is 0 Å². The smallest absolute Gasteiger partial charge is 0.0742 e. The van der Waals surface area contributed by atoms with Crippen LogP contribution in [0.5, 0.6) is 0 Å². The first-order valence-electron chi connectivity index (χ1n) is 7.49. The Hall–Kier alpha value is -0.120. The lowest BCUT2D eigenvalue weighted by Gasteiger charge is -2.22. The molecule has 0 bridgehead atoms. The molecule has 2 N–H and O–H groups in total. The summed E-state index contributed by atoms with van der Waals surface area (Å²) < 4.78 is 6.03. The quantitative estimate of drug-likeness (QED) is 0.668. The highest BCUT2D eigenvalue weighted by Gasteiger charge is 2.11. The summed E-state index contributed by atoms with van der Waals surface area (Å²) in [5, 5.41) is 16.0. The van der Waals surface area contributed by atoms with Gasteiger partial charge < -0.3 is 14.9 Å². The molecule has 0 aromatic heterocycles. The Morgan fingerprint density at radius 3 is 1.39 bits per heavy atom. The summed E-state index contributed by atoms with van der Waals surface area (Å²) in [6, 6.07) is 0. The van der Waals surface area contributed by atoms with E-state index in [-0.39, 0.29) is 6.61 Å². The summed E-state index contributed by atoms with van der Waals surface area (Å²) >= 11 is 0. The van der Waals surface area contributed by atoms with Crippen LogP contribution in [0.15, 0.2) is 0 Å². The molecule has 0 aromatic rings. The number of aliphatic hydroxyl groups excluding tert-OH is 2. The molecule has 18 heavy (non-hydrogen) atoms. The third-order valence-corrected chi connectivity index (χ3v) is 2.78. The van der Waals surface area contributed by atoms with Crippen molar-refractivity contribution in [1.82, 2.24) is 0 Å². The molecule has 3 unspecified atom stereocenters. The van der Waals surface area contributed by atoms with Crippen molar-refractivity contribution in [3.8, 4) is 0 Å². The largest absolute Gasteiger partial charge is 0.394 e. The van der Waals surface area contributed by atoms with Crippen molar-refractivity contribution in [2.45, 2.75) is 91.5 Å². The molecule has 0 saturated heterocycles. The van der Waals surface area contributed by atoms with E-state index in [4.69, 9.17) is 14.9 Å². The van der Waals surface area contributed by atoms with Gasteiger partial charge in [0.25, 0.3) is 0 Å². The van der Waals surface area contributed by atoms with E-state index < -0.39 is 6.10 Å². The summed E-state index contributed by atoms with van der Waals surface area (Å²) in [6.07, 6.45) is 7.68. The topological polar surface area (TPSA) is 49.7 Å². The summed E-state index contributed by atoms with van der Waals surface area (Å²) in [7, 11) is 0. The average Bonchev–Trinajstić information content (AvgIpc) is 2.37. The molecule has 0 heterocycles. The number of hydrogen-bond donors (Lipinski definition) is 2. The fourth-order valence-electron chi connectivity index (χ4n) is 1.65. The van der Waals surface area contributed by atoms with E-state index in [1.54, 1.807) is 0 Å². The minimum atomic E-state index is -0.560. The van der Waals surface area contributed by atoms with E-state index in [2.05, 4.69) is 27.7 Å². The summed E-state index contributed by atoms with van der Waals surface area (Å²) in [5.41, 5.74) is 0. The SMILES string of the molecule is CC(O)CO.CCCC(CC)OC(CC)CCC. The zero-order valence-corrected chi connectivity index (χ0v) is 13.0. The number of aliphatic hydroxyl groups is 2. The van der Waals surface area contributed by atoms with E-state index in [0.29, 0.717) is 12.2 Å².